The maximum atomic E-state index is 13.0. The normalized spacial score (nSPS) is 11.7. The highest BCUT2D eigenvalue weighted by Crippen LogP contribution is 2.27. The minimum Gasteiger partial charge on any atom is -0.382 e. The van der Waals surface area contributed by atoms with Crippen molar-refractivity contribution in [1.29, 1.82) is 0 Å². The molecule has 0 fully saturated rings. The molecule has 4 N–H and O–H groups in total. The number of nitrogens with zero attached hydrogens (tertiary/aromatic N) is 5. The lowest BCUT2D eigenvalue weighted by Crippen LogP contribution is -2.22. The highest BCUT2D eigenvalue weighted by molar-refractivity contribution is 6.31. The van der Waals surface area contributed by atoms with Crippen LogP contribution in [-0.4, -0.2) is 35.0 Å². The quantitative estimate of drug-likeness (QED) is 0.311. The Hall–Kier alpha value is -4.37. The van der Waals surface area contributed by atoms with E-state index < -0.39 is 0 Å². The van der Waals surface area contributed by atoms with Crippen molar-refractivity contribution in [2.45, 2.75) is 26.9 Å². The molecule has 2 aromatic carbocycles. The van der Waals surface area contributed by atoms with Crippen molar-refractivity contribution >= 4 is 56.3 Å². The second kappa shape index (κ2) is 8.63. The van der Waals surface area contributed by atoms with Gasteiger partial charge in [0.05, 0.1) is 24.9 Å². The van der Waals surface area contributed by atoms with Gasteiger partial charge >= 0.3 is 0 Å². The van der Waals surface area contributed by atoms with Gasteiger partial charge in [0, 0.05) is 45.3 Å². The summed E-state index contributed by atoms with van der Waals surface area (Å²) in [4.78, 5) is 29.1. The number of H-pyrrole nitrogens is 1. The second-order valence-corrected chi connectivity index (χ2v) is 9.75. The largest absolute Gasteiger partial charge is 0.382 e. The van der Waals surface area contributed by atoms with Gasteiger partial charge in [-0.3, -0.25) is 4.79 Å². The minimum absolute atomic E-state index is 0.123. The average Bonchev–Trinajstić information content (AvgIpc) is 3.55. The van der Waals surface area contributed by atoms with Gasteiger partial charge in [0.2, 0.25) is 0 Å². The molecule has 1 amide bonds. The number of carbonyl (C=O) groups excluding carboxylic acids is 1. The van der Waals surface area contributed by atoms with E-state index in [2.05, 4.69) is 43.7 Å². The molecule has 0 spiro atoms. The molecule has 9 nitrogen and oxygen atoms in total. The molecule has 4 aromatic heterocycles. The number of hydrogen-bond donors (Lipinski definition) is 3. The first kappa shape index (κ1) is 23.1. The van der Waals surface area contributed by atoms with Crippen LogP contribution in [0.15, 0.2) is 49.1 Å². The number of carbonyl (C=O) groups is 1. The first-order chi connectivity index (χ1) is 17.8. The van der Waals surface area contributed by atoms with Gasteiger partial charge in [-0.15, -0.1) is 0 Å². The predicted octanol–water partition coefficient (Wildman–Crippen LogP) is 4.63. The van der Waals surface area contributed by atoms with E-state index in [1.165, 1.54) is 17.6 Å². The molecule has 186 valence electrons. The molecule has 37 heavy (non-hydrogen) atoms. The fourth-order valence-corrected chi connectivity index (χ4v) is 5.18. The van der Waals surface area contributed by atoms with E-state index in [0.717, 1.165) is 33.1 Å². The van der Waals surface area contributed by atoms with Crippen LogP contribution < -0.4 is 11.1 Å². The fraction of sp³-hybridized carbons (Fsp3) is 0.185. The van der Waals surface area contributed by atoms with E-state index in [4.69, 9.17) is 17.3 Å². The van der Waals surface area contributed by atoms with Crippen LogP contribution in [0.2, 0.25) is 5.02 Å². The number of aryl methyl sites for hydroxylation is 2. The summed E-state index contributed by atoms with van der Waals surface area (Å²) in [6.45, 7) is 5.02. The first-order valence-corrected chi connectivity index (χ1v) is 12.2. The zero-order valence-corrected chi connectivity index (χ0v) is 21.4. The molecule has 0 bridgehead atoms. The number of anilines is 1. The zero-order chi connectivity index (χ0) is 25.8. The van der Waals surface area contributed by atoms with Crippen molar-refractivity contribution < 1.29 is 4.79 Å². The molecule has 0 aliphatic carbocycles. The standard InChI is InChI=1S/C27H25ClN8O/c1-14-15(2)35(3)22-5-4-16(9-21(14)22)27(37)30-10-20-8-17-6-19(28)7-18(23(17)34-20)11-36-13-33-24-25(29)31-12-32-26(24)36/h4-9,12-13,34H,10-11H2,1-3H3,(H,30,37)(H2,29,31,32). The maximum Gasteiger partial charge on any atom is 0.251 e. The van der Waals surface area contributed by atoms with Gasteiger partial charge in [-0.25, -0.2) is 15.0 Å². The number of nitrogen functional groups attached to an aromatic ring is 1. The Morgan fingerprint density at radius 3 is 2.81 bits per heavy atom. The number of halogens is 1. The number of amides is 1. The molecule has 0 atom stereocenters. The number of nitrogens with two attached hydrogens (primary N) is 1. The van der Waals surface area contributed by atoms with E-state index in [9.17, 15) is 4.79 Å². The Labute approximate surface area is 217 Å². The number of aromatic amines is 1. The average molecular weight is 513 g/mol. The molecule has 0 aliphatic rings. The molecule has 0 unspecified atom stereocenters. The molecule has 4 heterocycles. The van der Waals surface area contributed by atoms with Gasteiger partial charge in [0.1, 0.15) is 11.8 Å². The minimum atomic E-state index is -0.123. The first-order valence-electron chi connectivity index (χ1n) is 11.9. The third kappa shape index (κ3) is 3.88. The lowest BCUT2D eigenvalue weighted by atomic mass is 10.1. The van der Waals surface area contributed by atoms with Gasteiger partial charge in [0.25, 0.3) is 5.91 Å². The summed E-state index contributed by atoms with van der Waals surface area (Å²) in [6, 6.07) is 11.7. The Morgan fingerprint density at radius 1 is 1.14 bits per heavy atom. The van der Waals surface area contributed by atoms with E-state index >= 15 is 0 Å². The van der Waals surface area contributed by atoms with Crippen LogP contribution >= 0.6 is 11.6 Å². The van der Waals surface area contributed by atoms with Gasteiger partial charge in [-0.05, 0) is 61.4 Å². The van der Waals surface area contributed by atoms with Crippen LogP contribution in [0.25, 0.3) is 33.0 Å². The highest BCUT2D eigenvalue weighted by Gasteiger charge is 2.15. The van der Waals surface area contributed by atoms with Crippen LogP contribution in [0, 0.1) is 13.8 Å². The van der Waals surface area contributed by atoms with Crippen LogP contribution in [0.1, 0.15) is 32.9 Å². The van der Waals surface area contributed by atoms with Gasteiger partial charge in [-0.2, -0.15) is 0 Å². The van der Waals surface area contributed by atoms with Crippen LogP contribution in [0.3, 0.4) is 0 Å². The van der Waals surface area contributed by atoms with Crippen LogP contribution in [0.5, 0.6) is 0 Å². The third-order valence-electron chi connectivity index (χ3n) is 7.11. The second-order valence-electron chi connectivity index (χ2n) is 9.31. The molecule has 6 aromatic rings. The Balaban J connectivity index is 1.26. The van der Waals surface area contributed by atoms with E-state index in [1.807, 2.05) is 48.0 Å². The third-order valence-corrected chi connectivity index (χ3v) is 7.33. The number of aromatic nitrogens is 6. The molecule has 0 radical (unpaired) electrons. The van der Waals surface area contributed by atoms with Crippen LogP contribution in [0.4, 0.5) is 5.82 Å². The number of benzene rings is 2. The number of nitrogens with one attached hydrogen (secondary N) is 2. The van der Waals surface area contributed by atoms with Crippen molar-refractivity contribution in [2.24, 2.45) is 7.05 Å². The SMILES string of the molecule is Cc1c(C)n(C)c2ccc(C(=O)NCc3cc4cc(Cl)cc(Cn5cnc6c(N)ncnc65)c4[nH]3)cc12. The van der Waals surface area contributed by atoms with Crippen molar-refractivity contribution in [3.63, 3.8) is 0 Å². The summed E-state index contributed by atoms with van der Waals surface area (Å²) in [5, 5.41) is 5.71. The molecule has 6 rings (SSSR count). The van der Waals surface area contributed by atoms with Gasteiger partial charge in [0.15, 0.2) is 11.5 Å². The monoisotopic (exact) mass is 512 g/mol. The smallest absolute Gasteiger partial charge is 0.251 e. The lowest BCUT2D eigenvalue weighted by molar-refractivity contribution is 0.0950. The van der Waals surface area contributed by atoms with Gasteiger partial charge < -0.3 is 25.2 Å². The summed E-state index contributed by atoms with van der Waals surface area (Å²) in [5.74, 6) is 0.219. The summed E-state index contributed by atoms with van der Waals surface area (Å²) < 4.78 is 4.05. The van der Waals surface area contributed by atoms with Crippen molar-refractivity contribution in [2.75, 3.05) is 5.73 Å². The summed E-state index contributed by atoms with van der Waals surface area (Å²) in [5.41, 5.74) is 14.1. The molecule has 10 heteroatoms. The molecular formula is C27H25ClN8O. The lowest BCUT2D eigenvalue weighted by Gasteiger charge is -2.07. The van der Waals surface area contributed by atoms with E-state index in [0.29, 0.717) is 40.7 Å². The molecule has 0 saturated heterocycles. The summed E-state index contributed by atoms with van der Waals surface area (Å²) >= 11 is 6.44. The Morgan fingerprint density at radius 2 is 1.97 bits per heavy atom. The molecule has 0 saturated carbocycles. The van der Waals surface area contributed by atoms with Crippen LogP contribution in [-0.2, 0) is 20.1 Å². The zero-order valence-electron chi connectivity index (χ0n) is 20.6. The van der Waals surface area contributed by atoms with Crippen molar-refractivity contribution in [1.82, 2.24) is 34.4 Å². The predicted molar refractivity (Wildman–Crippen MR) is 146 cm³/mol. The van der Waals surface area contributed by atoms with Gasteiger partial charge in [-0.1, -0.05) is 11.6 Å². The maximum absolute atomic E-state index is 13.0. The number of imidazole rings is 1. The Bertz CT molecular complexity index is 1840. The van der Waals surface area contributed by atoms with Crippen molar-refractivity contribution in [3.8, 4) is 0 Å². The molecular weight excluding hydrogens is 488 g/mol. The van der Waals surface area contributed by atoms with E-state index in [-0.39, 0.29) is 5.91 Å². The topological polar surface area (TPSA) is 119 Å². The van der Waals surface area contributed by atoms with Crippen molar-refractivity contribution in [3.05, 3.63) is 82.2 Å². The highest BCUT2D eigenvalue weighted by atomic mass is 35.5. The summed E-state index contributed by atoms with van der Waals surface area (Å²) in [6.07, 6.45) is 3.12. The van der Waals surface area contributed by atoms with E-state index in [1.54, 1.807) is 6.33 Å². The number of hydrogen-bond acceptors (Lipinski definition) is 5. The number of rotatable bonds is 5. The summed E-state index contributed by atoms with van der Waals surface area (Å²) in [7, 11) is 2.04. The number of fused-ring (bicyclic) bond motifs is 3. The Kier molecular flexibility index (Phi) is 5.38. The molecule has 0 aliphatic heterocycles. The fourth-order valence-electron chi connectivity index (χ4n) is 4.93.